The van der Waals surface area contributed by atoms with Crippen LogP contribution in [0.15, 0.2) is 6.07 Å². The smallest absolute Gasteiger partial charge is 0.133 e. The summed E-state index contributed by atoms with van der Waals surface area (Å²) < 4.78 is 0. The molecule has 21 heavy (non-hydrogen) atoms. The van der Waals surface area contributed by atoms with Gasteiger partial charge in [-0.25, -0.2) is 4.98 Å². The van der Waals surface area contributed by atoms with E-state index in [-0.39, 0.29) is 5.41 Å². The second kappa shape index (κ2) is 5.96. The highest BCUT2D eigenvalue weighted by Crippen LogP contribution is 2.30. The highest BCUT2D eigenvalue weighted by atomic mass is 15.2. The Balaban J connectivity index is 2.30. The normalized spacial score (nSPS) is 16.9. The minimum atomic E-state index is 0.231. The highest BCUT2D eigenvalue weighted by Gasteiger charge is 2.27. The van der Waals surface area contributed by atoms with E-state index in [1.54, 1.807) is 0 Å². The molecule has 1 aromatic heterocycles. The predicted octanol–water partition coefficient (Wildman–Crippen LogP) is 3.82. The molecule has 0 aromatic carbocycles. The maximum atomic E-state index is 4.85. The van der Waals surface area contributed by atoms with E-state index >= 15 is 0 Å². The number of aryl methyl sites for hydroxylation is 2. The summed E-state index contributed by atoms with van der Waals surface area (Å²) >= 11 is 0. The first-order valence-electron chi connectivity index (χ1n) is 8.13. The van der Waals surface area contributed by atoms with Crippen LogP contribution in [0, 0.1) is 19.3 Å². The van der Waals surface area contributed by atoms with Gasteiger partial charge in [-0.2, -0.15) is 0 Å². The van der Waals surface area contributed by atoms with E-state index < -0.39 is 0 Å². The van der Waals surface area contributed by atoms with Crippen molar-refractivity contribution in [2.75, 3.05) is 11.9 Å². The average molecular weight is 289 g/mol. The van der Waals surface area contributed by atoms with Crippen LogP contribution < -0.4 is 10.2 Å². The summed E-state index contributed by atoms with van der Waals surface area (Å²) in [6.07, 6.45) is 2.64. The van der Waals surface area contributed by atoms with Gasteiger partial charge in [-0.1, -0.05) is 20.8 Å². The fraction of sp³-hybridized carbons (Fsp3) is 0.722. The van der Waals surface area contributed by atoms with E-state index in [0.717, 1.165) is 24.1 Å². The fourth-order valence-electron chi connectivity index (χ4n) is 2.65. The van der Waals surface area contributed by atoms with E-state index in [0.29, 0.717) is 6.04 Å². The van der Waals surface area contributed by atoms with Gasteiger partial charge in [0.15, 0.2) is 0 Å². The molecule has 1 fully saturated rings. The lowest BCUT2D eigenvalue weighted by molar-refractivity contribution is 0.328. The first kappa shape index (κ1) is 16.3. The second-order valence-corrected chi connectivity index (χ2v) is 7.69. The zero-order valence-corrected chi connectivity index (χ0v) is 14.7. The number of nitrogens with zero attached hydrogens (tertiary/aromatic N) is 2. The molecule has 0 aliphatic heterocycles. The Morgan fingerprint density at radius 2 is 1.95 bits per heavy atom. The Morgan fingerprint density at radius 1 is 1.33 bits per heavy atom. The van der Waals surface area contributed by atoms with Crippen LogP contribution in [0.4, 0.5) is 5.82 Å². The molecule has 1 N–H and O–H groups in total. The molecule has 0 amide bonds. The van der Waals surface area contributed by atoms with E-state index in [4.69, 9.17) is 4.98 Å². The standard InChI is InChI=1S/C18H31N3/c1-12-10-13(2)20-17(16(12)11-19-15-8-9-15)21(7)14(3)18(4,5)6/h10,14-15,19H,8-9,11H2,1-7H3. The van der Waals surface area contributed by atoms with Crippen molar-refractivity contribution in [3.8, 4) is 0 Å². The van der Waals surface area contributed by atoms with E-state index in [9.17, 15) is 0 Å². The van der Waals surface area contributed by atoms with Crippen LogP contribution in [0.3, 0.4) is 0 Å². The first-order valence-corrected chi connectivity index (χ1v) is 8.13. The number of anilines is 1. The van der Waals surface area contributed by atoms with Crippen molar-refractivity contribution in [1.29, 1.82) is 0 Å². The maximum absolute atomic E-state index is 4.85. The third-order valence-electron chi connectivity index (χ3n) is 4.77. The zero-order chi connectivity index (χ0) is 15.8. The lowest BCUT2D eigenvalue weighted by Crippen LogP contribution is -2.40. The minimum Gasteiger partial charge on any atom is -0.356 e. The van der Waals surface area contributed by atoms with Crippen LogP contribution in [-0.4, -0.2) is 24.1 Å². The Kier molecular flexibility index (Phi) is 4.62. The summed E-state index contributed by atoms with van der Waals surface area (Å²) in [7, 11) is 2.18. The third kappa shape index (κ3) is 3.97. The van der Waals surface area contributed by atoms with Gasteiger partial charge in [0.05, 0.1) is 0 Å². The number of hydrogen-bond acceptors (Lipinski definition) is 3. The van der Waals surface area contributed by atoms with Crippen molar-refractivity contribution in [2.45, 2.75) is 73.0 Å². The van der Waals surface area contributed by atoms with Crippen LogP contribution >= 0.6 is 0 Å². The van der Waals surface area contributed by atoms with Crippen LogP contribution in [0.1, 0.15) is 57.4 Å². The largest absolute Gasteiger partial charge is 0.356 e. The molecule has 0 bridgehead atoms. The Bertz CT molecular complexity index is 498. The maximum Gasteiger partial charge on any atom is 0.133 e. The molecule has 2 rings (SSSR count). The van der Waals surface area contributed by atoms with Crippen molar-refractivity contribution in [3.05, 3.63) is 22.9 Å². The van der Waals surface area contributed by atoms with Crippen molar-refractivity contribution in [2.24, 2.45) is 5.41 Å². The molecule has 3 nitrogen and oxygen atoms in total. The molecule has 0 spiro atoms. The molecule has 1 heterocycles. The molecule has 1 atom stereocenters. The number of hydrogen-bond donors (Lipinski definition) is 1. The minimum absolute atomic E-state index is 0.231. The lowest BCUT2D eigenvalue weighted by Gasteiger charge is -2.37. The lowest BCUT2D eigenvalue weighted by atomic mass is 9.87. The Morgan fingerprint density at radius 3 is 2.48 bits per heavy atom. The zero-order valence-electron chi connectivity index (χ0n) is 14.7. The number of rotatable bonds is 5. The van der Waals surface area contributed by atoms with Crippen molar-refractivity contribution in [1.82, 2.24) is 10.3 Å². The number of pyridine rings is 1. The SMILES string of the molecule is Cc1cc(C)c(CNC2CC2)c(N(C)C(C)C(C)(C)C)n1. The summed E-state index contributed by atoms with van der Waals surface area (Å²) in [6.45, 7) is 14.4. The van der Waals surface area contributed by atoms with Gasteiger partial charge in [-0.15, -0.1) is 0 Å². The monoisotopic (exact) mass is 289 g/mol. The van der Waals surface area contributed by atoms with Crippen LogP contribution in [0.25, 0.3) is 0 Å². The summed E-state index contributed by atoms with van der Waals surface area (Å²) in [5.74, 6) is 1.14. The summed E-state index contributed by atoms with van der Waals surface area (Å²) in [5, 5.41) is 3.64. The van der Waals surface area contributed by atoms with E-state index in [2.05, 4.69) is 64.9 Å². The van der Waals surface area contributed by atoms with Crippen LogP contribution in [0.5, 0.6) is 0 Å². The van der Waals surface area contributed by atoms with Crippen molar-refractivity contribution >= 4 is 5.82 Å². The molecule has 1 unspecified atom stereocenters. The first-order chi connectivity index (χ1) is 9.70. The molecule has 3 heteroatoms. The van der Waals surface area contributed by atoms with Crippen molar-refractivity contribution in [3.63, 3.8) is 0 Å². The summed E-state index contributed by atoms with van der Waals surface area (Å²) in [6, 6.07) is 3.36. The fourth-order valence-corrected chi connectivity index (χ4v) is 2.65. The number of nitrogens with one attached hydrogen (secondary N) is 1. The molecule has 0 radical (unpaired) electrons. The molecule has 0 saturated heterocycles. The van der Waals surface area contributed by atoms with Gasteiger partial charge in [-0.3, -0.25) is 0 Å². The van der Waals surface area contributed by atoms with Gasteiger partial charge in [0, 0.05) is 36.9 Å². The molecule has 1 saturated carbocycles. The van der Waals surface area contributed by atoms with Gasteiger partial charge in [0.2, 0.25) is 0 Å². The topological polar surface area (TPSA) is 28.2 Å². The predicted molar refractivity (Wildman–Crippen MR) is 90.9 cm³/mol. The van der Waals surface area contributed by atoms with Gasteiger partial charge in [0.1, 0.15) is 5.82 Å². The summed E-state index contributed by atoms with van der Waals surface area (Å²) in [5.41, 5.74) is 4.03. The van der Waals surface area contributed by atoms with E-state index in [1.807, 2.05) is 0 Å². The molecular formula is C18H31N3. The third-order valence-corrected chi connectivity index (χ3v) is 4.77. The van der Waals surface area contributed by atoms with Crippen LogP contribution in [-0.2, 0) is 6.54 Å². The van der Waals surface area contributed by atoms with Crippen LogP contribution in [0.2, 0.25) is 0 Å². The van der Waals surface area contributed by atoms with Gasteiger partial charge in [-0.05, 0) is 50.7 Å². The second-order valence-electron chi connectivity index (χ2n) is 7.69. The van der Waals surface area contributed by atoms with Gasteiger partial charge in [0.25, 0.3) is 0 Å². The molecule has 1 aliphatic rings. The summed E-state index contributed by atoms with van der Waals surface area (Å²) in [4.78, 5) is 7.20. The highest BCUT2D eigenvalue weighted by molar-refractivity contribution is 5.52. The number of aromatic nitrogens is 1. The van der Waals surface area contributed by atoms with Crippen molar-refractivity contribution < 1.29 is 0 Å². The quantitative estimate of drug-likeness (QED) is 0.893. The van der Waals surface area contributed by atoms with Gasteiger partial charge < -0.3 is 10.2 Å². The molecule has 118 valence electrons. The molecule has 1 aliphatic carbocycles. The molecular weight excluding hydrogens is 258 g/mol. The van der Waals surface area contributed by atoms with E-state index in [1.165, 1.54) is 24.0 Å². The van der Waals surface area contributed by atoms with Gasteiger partial charge >= 0.3 is 0 Å². The Labute approximate surface area is 130 Å². The Hall–Kier alpha value is -1.09. The average Bonchev–Trinajstić information content (AvgIpc) is 3.18. The molecule has 1 aromatic rings.